The maximum atomic E-state index is 6.18. The Morgan fingerprint density at radius 2 is 2.06 bits per heavy atom. The van der Waals surface area contributed by atoms with E-state index in [1.54, 1.807) is 0 Å². The third kappa shape index (κ3) is 2.24. The highest BCUT2D eigenvalue weighted by atomic mass is 35.5. The lowest BCUT2D eigenvalue weighted by atomic mass is 10.1. The Labute approximate surface area is 103 Å². The number of thiophene rings is 1. The molecule has 0 aromatic carbocycles. The van der Waals surface area contributed by atoms with Gasteiger partial charge in [0.1, 0.15) is 0 Å². The van der Waals surface area contributed by atoms with Crippen LogP contribution >= 0.6 is 22.9 Å². The fourth-order valence-electron chi connectivity index (χ4n) is 1.53. The van der Waals surface area contributed by atoms with E-state index >= 15 is 0 Å². The normalized spacial score (nSPS) is 12.8. The van der Waals surface area contributed by atoms with Crippen LogP contribution in [-0.4, -0.2) is 10.2 Å². The van der Waals surface area contributed by atoms with Crippen LogP contribution in [0, 0.1) is 13.8 Å². The van der Waals surface area contributed by atoms with Crippen LogP contribution < -0.4 is 5.73 Å². The van der Waals surface area contributed by atoms with Crippen molar-refractivity contribution in [3.63, 3.8) is 0 Å². The van der Waals surface area contributed by atoms with Gasteiger partial charge in [-0.2, -0.15) is 10.2 Å². The molecule has 1 atom stereocenters. The van der Waals surface area contributed by atoms with Gasteiger partial charge in [-0.3, -0.25) is 0 Å². The maximum Gasteiger partial charge on any atom is 0.0931 e. The summed E-state index contributed by atoms with van der Waals surface area (Å²) in [4.78, 5) is 1.04. The van der Waals surface area contributed by atoms with E-state index in [1.807, 2.05) is 32.0 Å². The van der Waals surface area contributed by atoms with Gasteiger partial charge in [0, 0.05) is 4.88 Å². The van der Waals surface area contributed by atoms with Gasteiger partial charge in [0.2, 0.25) is 0 Å². The molecule has 3 nitrogen and oxygen atoms in total. The highest BCUT2D eigenvalue weighted by Crippen LogP contribution is 2.30. The van der Waals surface area contributed by atoms with Crippen LogP contribution in [-0.2, 0) is 0 Å². The molecule has 0 saturated heterocycles. The summed E-state index contributed by atoms with van der Waals surface area (Å²) < 4.78 is 0.752. The van der Waals surface area contributed by atoms with E-state index in [0.29, 0.717) is 0 Å². The van der Waals surface area contributed by atoms with Gasteiger partial charge in [-0.15, -0.1) is 11.3 Å². The molecule has 0 aliphatic rings. The average molecular weight is 254 g/mol. The van der Waals surface area contributed by atoms with E-state index in [4.69, 9.17) is 17.3 Å². The zero-order valence-electron chi connectivity index (χ0n) is 9.07. The largest absolute Gasteiger partial charge is 0.320 e. The highest BCUT2D eigenvalue weighted by Gasteiger charge is 2.14. The Kier molecular flexibility index (Phi) is 3.23. The maximum absolute atomic E-state index is 6.18. The Morgan fingerprint density at radius 3 is 2.69 bits per heavy atom. The molecule has 16 heavy (non-hydrogen) atoms. The minimum atomic E-state index is -0.174. The third-order valence-electron chi connectivity index (χ3n) is 2.38. The van der Waals surface area contributed by atoms with Crippen LogP contribution in [0.5, 0.6) is 0 Å². The molecule has 0 aliphatic carbocycles. The molecule has 1 unspecified atom stereocenters. The second-order valence-corrected chi connectivity index (χ2v) is 5.39. The molecule has 0 radical (unpaired) electrons. The number of rotatable bonds is 2. The summed E-state index contributed by atoms with van der Waals surface area (Å²) in [6.07, 6.45) is 0. The molecule has 0 bridgehead atoms. The van der Waals surface area contributed by atoms with Crippen molar-refractivity contribution >= 4 is 22.9 Å². The van der Waals surface area contributed by atoms with Crippen molar-refractivity contribution in [1.29, 1.82) is 0 Å². The summed E-state index contributed by atoms with van der Waals surface area (Å²) in [5.74, 6) is 0. The van der Waals surface area contributed by atoms with Gasteiger partial charge in [0.05, 0.1) is 21.8 Å². The first kappa shape index (κ1) is 11.5. The number of nitrogens with two attached hydrogens (primary N) is 1. The average Bonchev–Trinajstić information content (AvgIpc) is 2.67. The van der Waals surface area contributed by atoms with Crippen LogP contribution in [0.1, 0.15) is 27.9 Å². The van der Waals surface area contributed by atoms with Gasteiger partial charge in [0.25, 0.3) is 0 Å². The fourth-order valence-corrected chi connectivity index (χ4v) is 2.61. The van der Waals surface area contributed by atoms with Crippen molar-refractivity contribution < 1.29 is 0 Å². The summed E-state index contributed by atoms with van der Waals surface area (Å²) in [5.41, 5.74) is 8.93. The van der Waals surface area contributed by atoms with Crippen LogP contribution in [0.25, 0.3) is 0 Å². The molecule has 5 heteroatoms. The molecule has 0 amide bonds. The van der Waals surface area contributed by atoms with Crippen molar-refractivity contribution in [1.82, 2.24) is 10.2 Å². The zero-order chi connectivity index (χ0) is 11.7. The first-order valence-electron chi connectivity index (χ1n) is 4.89. The monoisotopic (exact) mass is 253 g/mol. The smallest absolute Gasteiger partial charge is 0.0931 e. The SMILES string of the molecule is Cc1cc(C(N)c2ccc(Cl)s2)c(C)nn1. The molecular formula is C11H12ClN3S. The molecule has 2 aromatic rings. The van der Waals surface area contributed by atoms with Gasteiger partial charge in [-0.05, 0) is 37.6 Å². The second-order valence-electron chi connectivity index (χ2n) is 3.65. The molecule has 0 saturated carbocycles. The second kappa shape index (κ2) is 4.49. The van der Waals surface area contributed by atoms with Crippen LogP contribution in [0.15, 0.2) is 18.2 Å². The molecule has 0 spiro atoms. The van der Waals surface area contributed by atoms with E-state index in [2.05, 4.69) is 10.2 Å². The lowest BCUT2D eigenvalue weighted by Gasteiger charge is -2.12. The van der Waals surface area contributed by atoms with Crippen molar-refractivity contribution in [3.05, 3.63) is 44.4 Å². The summed E-state index contributed by atoms with van der Waals surface area (Å²) in [6.45, 7) is 3.82. The Morgan fingerprint density at radius 1 is 1.31 bits per heavy atom. The molecule has 2 aromatic heterocycles. The van der Waals surface area contributed by atoms with Gasteiger partial charge < -0.3 is 5.73 Å². The van der Waals surface area contributed by atoms with E-state index < -0.39 is 0 Å². The van der Waals surface area contributed by atoms with E-state index in [0.717, 1.165) is 26.2 Å². The predicted molar refractivity (Wildman–Crippen MR) is 66.9 cm³/mol. The topological polar surface area (TPSA) is 51.8 Å². The first-order chi connectivity index (χ1) is 7.58. The number of hydrogen-bond acceptors (Lipinski definition) is 4. The molecule has 2 N–H and O–H groups in total. The van der Waals surface area contributed by atoms with E-state index in [9.17, 15) is 0 Å². The number of hydrogen-bond donors (Lipinski definition) is 1. The van der Waals surface area contributed by atoms with Crippen LogP contribution in [0.4, 0.5) is 0 Å². The molecule has 2 heterocycles. The Balaban J connectivity index is 2.40. The van der Waals surface area contributed by atoms with Crippen LogP contribution in [0.3, 0.4) is 0 Å². The Bertz CT molecular complexity index is 510. The minimum absolute atomic E-state index is 0.174. The number of aromatic nitrogens is 2. The summed E-state index contributed by atoms with van der Waals surface area (Å²) in [5, 5.41) is 8.07. The van der Waals surface area contributed by atoms with Crippen molar-refractivity contribution in [2.75, 3.05) is 0 Å². The number of nitrogens with zero attached hydrogens (tertiary/aromatic N) is 2. The first-order valence-corrected chi connectivity index (χ1v) is 6.09. The van der Waals surface area contributed by atoms with Gasteiger partial charge in [0.15, 0.2) is 0 Å². The lowest BCUT2D eigenvalue weighted by Crippen LogP contribution is -2.13. The zero-order valence-corrected chi connectivity index (χ0v) is 10.6. The van der Waals surface area contributed by atoms with Crippen molar-refractivity contribution in [2.24, 2.45) is 5.73 Å². The predicted octanol–water partition coefficient (Wildman–Crippen LogP) is 2.86. The number of aryl methyl sites for hydroxylation is 2. The number of halogens is 1. The molecule has 84 valence electrons. The van der Waals surface area contributed by atoms with E-state index in [1.165, 1.54) is 11.3 Å². The van der Waals surface area contributed by atoms with Gasteiger partial charge in [-0.25, -0.2) is 0 Å². The summed E-state index contributed by atoms with van der Waals surface area (Å²) >= 11 is 7.40. The molecule has 0 fully saturated rings. The quantitative estimate of drug-likeness (QED) is 0.895. The lowest BCUT2D eigenvalue weighted by molar-refractivity contribution is 0.826. The molecular weight excluding hydrogens is 242 g/mol. The molecule has 0 aliphatic heterocycles. The summed E-state index contributed by atoms with van der Waals surface area (Å²) in [6, 6.07) is 5.61. The van der Waals surface area contributed by atoms with Crippen LogP contribution in [0.2, 0.25) is 4.34 Å². The van der Waals surface area contributed by atoms with Crippen molar-refractivity contribution in [2.45, 2.75) is 19.9 Å². The molecule has 2 rings (SSSR count). The summed E-state index contributed by atoms with van der Waals surface area (Å²) in [7, 11) is 0. The van der Waals surface area contributed by atoms with E-state index in [-0.39, 0.29) is 6.04 Å². The Hall–Kier alpha value is -0.970. The third-order valence-corrected chi connectivity index (χ3v) is 3.69. The van der Waals surface area contributed by atoms with Gasteiger partial charge in [-0.1, -0.05) is 11.6 Å². The van der Waals surface area contributed by atoms with Gasteiger partial charge >= 0.3 is 0 Å². The minimum Gasteiger partial charge on any atom is -0.320 e. The fraction of sp³-hybridized carbons (Fsp3) is 0.273. The highest BCUT2D eigenvalue weighted by molar-refractivity contribution is 7.16. The van der Waals surface area contributed by atoms with Crippen molar-refractivity contribution in [3.8, 4) is 0 Å². The standard InChI is InChI=1S/C11H12ClN3S/c1-6-5-8(7(2)15-14-6)11(13)9-3-4-10(12)16-9/h3-5,11H,13H2,1-2H3.